The van der Waals surface area contributed by atoms with Gasteiger partial charge in [-0.25, -0.2) is 0 Å². The van der Waals surface area contributed by atoms with E-state index in [0.717, 1.165) is 6.42 Å². The Bertz CT molecular complexity index is 3540. The highest BCUT2D eigenvalue weighted by molar-refractivity contribution is 6.26. The van der Waals surface area contributed by atoms with Crippen LogP contribution < -0.4 is 0 Å². The van der Waals surface area contributed by atoms with Crippen molar-refractivity contribution in [1.29, 1.82) is 0 Å². The van der Waals surface area contributed by atoms with Crippen molar-refractivity contribution in [3.05, 3.63) is 205 Å². The van der Waals surface area contributed by atoms with Crippen LogP contribution >= 0.6 is 0 Å². The van der Waals surface area contributed by atoms with E-state index in [4.69, 9.17) is 0 Å². The van der Waals surface area contributed by atoms with Gasteiger partial charge in [0.05, 0.1) is 0 Å². The standard InChI is InChI=1S/C57H34/c1-2-10-45-44(5-1)33-52-49(45)32-31-48(36-13-11-34(12-14-36)46-27-23-42-21-19-37-6-3-8-39-25-29-50(46)56(42)53(37)39)55(52)41-17-15-35(16-18-41)47-28-24-43-22-20-38-7-4-9-40-26-30-51(47)57(43)54(38)40/h1-32H,33H2. The van der Waals surface area contributed by atoms with Crippen molar-refractivity contribution in [3.63, 3.8) is 0 Å². The molecule has 0 aliphatic heterocycles. The zero-order valence-corrected chi connectivity index (χ0v) is 31.2. The molecule has 0 aromatic heterocycles. The Morgan fingerprint density at radius 3 is 1.19 bits per heavy atom. The van der Waals surface area contributed by atoms with Gasteiger partial charge in [0.1, 0.15) is 0 Å². The van der Waals surface area contributed by atoms with Crippen molar-refractivity contribution < 1.29 is 0 Å². The smallest absolute Gasteiger partial charge is 0.000706 e. The van der Waals surface area contributed by atoms with Gasteiger partial charge in [-0.05, 0) is 138 Å². The summed E-state index contributed by atoms with van der Waals surface area (Å²) in [6, 6.07) is 73.0. The summed E-state index contributed by atoms with van der Waals surface area (Å²) in [6.45, 7) is 0. The monoisotopic (exact) mass is 718 g/mol. The van der Waals surface area contributed by atoms with Crippen LogP contribution in [-0.4, -0.2) is 0 Å². The van der Waals surface area contributed by atoms with Crippen molar-refractivity contribution in [2.24, 2.45) is 0 Å². The molecule has 12 aromatic rings. The average molecular weight is 719 g/mol. The molecule has 0 nitrogen and oxygen atoms in total. The van der Waals surface area contributed by atoms with Crippen LogP contribution in [0.3, 0.4) is 0 Å². The Kier molecular flexibility index (Phi) is 6.31. The third kappa shape index (κ3) is 4.44. The van der Waals surface area contributed by atoms with Crippen molar-refractivity contribution in [2.45, 2.75) is 6.42 Å². The lowest BCUT2D eigenvalue weighted by atomic mass is 9.86. The highest BCUT2D eigenvalue weighted by atomic mass is 14.3. The summed E-state index contributed by atoms with van der Waals surface area (Å²) in [5, 5.41) is 15.9. The molecule has 262 valence electrons. The number of hydrogen-bond acceptors (Lipinski definition) is 0. The second kappa shape index (κ2) is 11.6. The van der Waals surface area contributed by atoms with Crippen LogP contribution in [0.2, 0.25) is 0 Å². The Hall–Kier alpha value is -7.28. The molecule has 1 aliphatic rings. The Morgan fingerprint density at radius 2 is 0.649 bits per heavy atom. The predicted octanol–water partition coefficient (Wildman–Crippen LogP) is 15.7. The Balaban J connectivity index is 0.943. The molecule has 0 spiro atoms. The summed E-state index contributed by atoms with van der Waals surface area (Å²) in [7, 11) is 0. The van der Waals surface area contributed by atoms with Crippen LogP contribution in [0.5, 0.6) is 0 Å². The molecular weight excluding hydrogens is 685 g/mol. The van der Waals surface area contributed by atoms with E-state index >= 15 is 0 Å². The Morgan fingerprint density at radius 1 is 0.246 bits per heavy atom. The van der Waals surface area contributed by atoms with Crippen LogP contribution in [0.25, 0.3) is 120 Å². The lowest BCUT2D eigenvalue weighted by Gasteiger charge is -2.18. The van der Waals surface area contributed by atoms with E-state index in [9.17, 15) is 0 Å². The van der Waals surface area contributed by atoms with Crippen molar-refractivity contribution in [3.8, 4) is 55.6 Å². The molecule has 12 aromatic carbocycles. The van der Waals surface area contributed by atoms with Crippen molar-refractivity contribution in [2.75, 3.05) is 0 Å². The first kappa shape index (κ1) is 31.0. The van der Waals surface area contributed by atoms with E-state index in [1.54, 1.807) is 0 Å². The fourth-order valence-corrected chi connectivity index (χ4v) is 10.4. The van der Waals surface area contributed by atoms with Gasteiger partial charge in [-0.2, -0.15) is 0 Å². The highest BCUT2D eigenvalue weighted by Crippen LogP contribution is 2.47. The van der Waals surface area contributed by atoms with Crippen LogP contribution in [0.1, 0.15) is 11.1 Å². The molecule has 13 rings (SSSR count). The second-order valence-corrected chi connectivity index (χ2v) is 15.9. The quantitative estimate of drug-likeness (QED) is 0.159. The van der Waals surface area contributed by atoms with Gasteiger partial charge in [0.15, 0.2) is 0 Å². The topological polar surface area (TPSA) is 0 Å². The van der Waals surface area contributed by atoms with Gasteiger partial charge in [-0.15, -0.1) is 0 Å². The van der Waals surface area contributed by atoms with E-state index in [0.29, 0.717) is 0 Å². The summed E-state index contributed by atoms with van der Waals surface area (Å²) in [4.78, 5) is 0. The van der Waals surface area contributed by atoms with Gasteiger partial charge in [-0.3, -0.25) is 0 Å². The molecule has 0 bridgehead atoms. The van der Waals surface area contributed by atoms with Crippen molar-refractivity contribution in [1.82, 2.24) is 0 Å². The fraction of sp³-hybridized carbons (Fsp3) is 0.0175. The first-order chi connectivity index (χ1) is 28.2. The number of benzene rings is 12. The molecule has 0 saturated carbocycles. The molecule has 0 N–H and O–H groups in total. The molecule has 0 saturated heterocycles. The maximum atomic E-state index is 2.36. The normalized spacial score (nSPS) is 12.5. The number of hydrogen-bond donors (Lipinski definition) is 0. The number of rotatable bonds is 4. The van der Waals surface area contributed by atoms with Crippen LogP contribution in [0, 0.1) is 0 Å². The third-order valence-electron chi connectivity index (χ3n) is 13.0. The molecule has 0 heterocycles. The average Bonchev–Trinajstić information content (AvgIpc) is 3.66. The molecule has 1 aliphatic carbocycles. The van der Waals surface area contributed by atoms with E-state index in [-0.39, 0.29) is 0 Å². The summed E-state index contributed by atoms with van der Waals surface area (Å²) >= 11 is 0. The van der Waals surface area contributed by atoms with Gasteiger partial charge < -0.3 is 0 Å². The minimum Gasteiger partial charge on any atom is -0.0619 e. The van der Waals surface area contributed by atoms with E-state index in [1.165, 1.54) is 131 Å². The third-order valence-corrected chi connectivity index (χ3v) is 13.0. The van der Waals surface area contributed by atoms with E-state index in [1.807, 2.05) is 0 Å². The molecular formula is C57H34. The summed E-state index contributed by atoms with van der Waals surface area (Å²) < 4.78 is 0. The van der Waals surface area contributed by atoms with Gasteiger partial charge >= 0.3 is 0 Å². The minimum absolute atomic E-state index is 0.937. The first-order valence-electron chi connectivity index (χ1n) is 20.0. The zero-order valence-electron chi connectivity index (χ0n) is 31.2. The van der Waals surface area contributed by atoms with Crippen LogP contribution in [-0.2, 0) is 6.42 Å². The predicted molar refractivity (Wildman–Crippen MR) is 244 cm³/mol. The van der Waals surface area contributed by atoms with Gasteiger partial charge in [-0.1, -0.05) is 194 Å². The molecule has 0 fully saturated rings. The lowest BCUT2D eigenvalue weighted by Crippen LogP contribution is -1.94. The highest BCUT2D eigenvalue weighted by Gasteiger charge is 2.25. The molecule has 57 heavy (non-hydrogen) atoms. The molecule has 0 atom stereocenters. The minimum atomic E-state index is 0.937. The molecule has 0 heteroatoms. The second-order valence-electron chi connectivity index (χ2n) is 15.9. The first-order valence-corrected chi connectivity index (χ1v) is 20.0. The Labute approximate surface area is 330 Å². The fourth-order valence-electron chi connectivity index (χ4n) is 10.4. The maximum absolute atomic E-state index is 2.36. The largest absolute Gasteiger partial charge is 0.0619 e. The maximum Gasteiger partial charge on any atom is -0.000706 e. The van der Waals surface area contributed by atoms with Crippen LogP contribution in [0.15, 0.2) is 194 Å². The molecule has 0 radical (unpaired) electrons. The summed E-state index contributed by atoms with van der Waals surface area (Å²) in [6.07, 6.45) is 0.937. The lowest BCUT2D eigenvalue weighted by molar-refractivity contribution is 1.26. The van der Waals surface area contributed by atoms with Gasteiger partial charge in [0, 0.05) is 0 Å². The SMILES string of the molecule is c1ccc2c(c1)Cc1c-2ccc(-c2ccc(-c3ccc4ccc5cccc6ccc3c4c56)cc2)c1-c1ccc(-c2ccc3ccc4cccc5ccc2c3c45)cc1. The zero-order chi connectivity index (χ0) is 37.2. The van der Waals surface area contributed by atoms with E-state index in [2.05, 4.69) is 194 Å². The van der Waals surface area contributed by atoms with Crippen molar-refractivity contribution >= 4 is 64.6 Å². The molecule has 0 amide bonds. The van der Waals surface area contributed by atoms with Gasteiger partial charge in [0.25, 0.3) is 0 Å². The molecule has 0 unspecified atom stereocenters. The van der Waals surface area contributed by atoms with E-state index < -0.39 is 0 Å². The summed E-state index contributed by atoms with van der Waals surface area (Å²) in [5.41, 5.74) is 15.7. The summed E-state index contributed by atoms with van der Waals surface area (Å²) in [5.74, 6) is 0. The van der Waals surface area contributed by atoms with Crippen LogP contribution in [0.4, 0.5) is 0 Å². The number of fused-ring (bicyclic) bond motifs is 3. The van der Waals surface area contributed by atoms with Gasteiger partial charge in [0.2, 0.25) is 0 Å².